The van der Waals surface area contributed by atoms with Crippen LogP contribution in [0.1, 0.15) is 6.92 Å². The van der Waals surface area contributed by atoms with Gasteiger partial charge < -0.3 is 16.0 Å². The van der Waals surface area contributed by atoms with Crippen LogP contribution in [0.25, 0.3) is 5.95 Å². The molecule has 2 aromatic rings. The molecule has 3 N–H and O–H groups in total. The van der Waals surface area contributed by atoms with Gasteiger partial charge in [-0.1, -0.05) is 0 Å². The van der Waals surface area contributed by atoms with Gasteiger partial charge in [0.05, 0.1) is 6.54 Å². The number of hydrogen-bond donors (Lipinski definition) is 3. The highest BCUT2D eigenvalue weighted by molar-refractivity contribution is 5.80. The molecule has 0 bridgehead atoms. The van der Waals surface area contributed by atoms with Gasteiger partial charge in [0.2, 0.25) is 17.8 Å². The summed E-state index contributed by atoms with van der Waals surface area (Å²) in [6, 6.07) is 0. The molecular formula is C10H15N9O. The van der Waals surface area contributed by atoms with E-state index in [9.17, 15) is 4.79 Å². The van der Waals surface area contributed by atoms with Crippen LogP contribution in [0.3, 0.4) is 0 Å². The Bertz CT molecular complexity index is 568. The second kappa shape index (κ2) is 6.41. The van der Waals surface area contributed by atoms with Gasteiger partial charge in [-0.2, -0.15) is 24.7 Å². The zero-order chi connectivity index (χ0) is 14.4. The van der Waals surface area contributed by atoms with E-state index in [0.29, 0.717) is 18.4 Å². The van der Waals surface area contributed by atoms with Gasteiger partial charge in [0.15, 0.2) is 0 Å². The van der Waals surface area contributed by atoms with Crippen molar-refractivity contribution in [3.05, 3.63) is 12.7 Å². The third kappa shape index (κ3) is 3.37. The van der Waals surface area contributed by atoms with Crippen LogP contribution >= 0.6 is 0 Å². The Balaban J connectivity index is 2.16. The van der Waals surface area contributed by atoms with Crippen LogP contribution in [-0.4, -0.2) is 55.8 Å². The molecule has 0 fully saturated rings. The Morgan fingerprint density at radius 2 is 2.10 bits per heavy atom. The van der Waals surface area contributed by atoms with Gasteiger partial charge in [0.1, 0.15) is 12.7 Å². The van der Waals surface area contributed by atoms with Crippen molar-refractivity contribution in [2.45, 2.75) is 6.92 Å². The fraction of sp³-hybridized carbons (Fsp3) is 0.400. The Morgan fingerprint density at radius 1 is 1.30 bits per heavy atom. The summed E-state index contributed by atoms with van der Waals surface area (Å²) in [4.78, 5) is 27.6. The molecule has 1 amide bonds. The smallest absolute Gasteiger partial charge is 0.258 e. The normalized spacial score (nSPS) is 10.1. The Morgan fingerprint density at radius 3 is 2.75 bits per heavy atom. The largest absolute Gasteiger partial charge is 0.357 e. The quantitative estimate of drug-likeness (QED) is 0.617. The Hall–Kier alpha value is -2.78. The number of nitrogens with one attached hydrogen (secondary N) is 3. The van der Waals surface area contributed by atoms with Crippen molar-refractivity contribution < 1.29 is 4.79 Å². The Labute approximate surface area is 115 Å². The van der Waals surface area contributed by atoms with Gasteiger partial charge in [-0.25, -0.2) is 4.98 Å². The average Bonchev–Trinajstić information content (AvgIpc) is 2.99. The number of hydrogen-bond acceptors (Lipinski definition) is 8. The van der Waals surface area contributed by atoms with E-state index in [-0.39, 0.29) is 18.4 Å². The summed E-state index contributed by atoms with van der Waals surface area (Å²) in [5.41, 5.74) is 0. The number of carbonyl (C=O) groups excluding carboxylic acids is 1. The number of likely N-dealkylation sites (N-methyl/N-ethyl adjacent to an activating group) is 1. The minimum atomic E-state index is -0.138. The van der Waals surface area contributed by atoms with Gasteiger partial charge in [0.25, 0.3) is 5.95 Å². The molecule has 0 saturated heterocycles. The molecule has 0 aliphatic rings. The maximum atomic E-state index is 11.4. The van der Waals surface area contributed by atoms with E-state index in [1.54, 1.807) is 7.05 Å². The lowest BCUT2D eigenvalue weighted by Gasteiger charge is -2.08. The van der Waals surface area contributed by atoms with Crippen LogP contribution in [0.4, 0.5) is 11.9 Å². The highest BCUT2D eigenvalue weighted by Gasteiger charge is 2.09. The van der Waals surface area contributed by atoms with Crippen molar-refractivity contribution in [1.29, 1.82) is 0 Å². The van der Waals surface area contributed by atoms with Crippen molar-refractivity contribution in [2.75, 3.05) is 30.8 Å². The van der Waals surface area contributed by atoms with E-state index in [1.165, 1.54) is 17.3 Å². The van der Waals surface area contributed by atoms with Gasteiger partial charge in [-0.15, -0.1) is 0 Å². The number of carbonyl (C=O) groups is 1. The van der Waals surface area contributed by atoms with Crippen LogP contribution in [0.15, 0.2) is 12.7 Å². The highest BCUT2D eigenvalue weighted by atomic mass is 16.1. The van der Waals surface area contributed by atoms with Crippen LogP contribution in [0.5, 0.6) is 0 Å². The molecular weight excluding hydrogens is 262 g/mol. The predicted molar refractivity (Wildman–Crippen MR) is 71.5 cm³/mol. The molecule has 0 aromatic carbocycles. The number of rotatable bonds is 6. The van der Waals surface area contributed by atoms with Crippen molar-refractivity contribution in [2.24, 2.45) is 0 Å². The number of amides is 1. The summed E-state index contributed by atoms with van der Waals surface area (Å²) in [5.74, 6) is 0.812. The van der Waals surface area contributed by atoms with E-state index in [1.807, 2.05) is 6.92 Å². The summed E-state index contributed by atoms with van der Waals surface area (Å²) < 4.78 is 1.40. The first-order chi connectivity index (χ1) is 9.72. The topological polar surface area (TPSA) is 123 Å². The molecule has 0 radical (unpaired) electrons. The second-order valence-corrected chi connectivity index (χ2v) is 3.68. The molecule has 106 valence electrons. The summed E-state index contributed by atoms with van der Waals surface area (Å²) in [5, 5.41) is 12.3. The SMILES string of the molecule is CCNC(=O)CNc1nc(NC)nc(-n2cncn2)n1. The molecule has 2 aromatic heterocycles. The molecule has 2 heterocycles. The zero-order valence-electron chi connectivity index (χ0n) is 11.2. The molecule has 0 atom stereocenters. The van der Waals surface area contributed by atoms with E-state index in [4.69, 9.17) is 0 Å². The van der Waals surface area contributed by atoms with E-state index >= 15 is 0 Å². The van der Waals surface area contributed by atoms with Gasteiger partial charge >= 0.3 is 0 Å². The van der Waals surface area contributed by atoms with Crippen LogP contribution in [0, 0.1) is 0 Å². The second-order valence-electron chi connectivity index (χ2n) is 3.68. The lowest BCUT2D eigenvalue weighted by atomic mass is 10.5. The zero-order valence-corrected chi connectivity index (χ0v) is 11.2. The van der Waals surface area contributed by atoms with Gasteiger partial charge in [-0.3, -0.25) is 4.79 Å². The Kier molecular flexibility index (Phi) is 4.37. The maximum Gasteiger partial charge on any atom is 0.258 e. The van der Waals surface area contributed by atoms with Crippen molar-refractivity contribution in [3.8, 4) is 5.95 Å². The monoisotopic (exact) mass is 277 g/mol. The molecule has 10 nitrogen and oxygen atoms in total. The first-order valence-corrected chi connectivity index (χ1v) is 6.02. The van der Waals surface area contributed by atoms with Crippen molar-refractivity contribution in [3.63, 3.8) is 0 Å². The first-order valence-electron chi connectivity index (χ1n) is 6.02. The molecule has 20 heavy (non-hydrogen) atoms. The first kappa shape index (κ1) is 13.6. The van der Waals surface area contributed by atoms with E-state index < -0.39 is 0 Å². The molecule has 0 aliphatic heterocycles. The summed E-state index contributed by atoms with van der Waals surface area (Å²) in [6.45, 7) is 2.50. The predicted octanol–water partition coefficient (Wildman–Crippen LogP) is -0.958. The van der Waals surface area contributed by atoms with Crippen LogP contribution in [0.2, 0.25) is 0 Å². The van der Waals surface area contributed by atoms with Crippen molar-refractivity contribution >= 4 is 17.8 Å². The molecule has 0 saturated carbocycles. The summed E-state index contributed by atoms with van der Waals surface area (Å²) in [7, 11) is 1.69. The fourth-order valence-electron chi connectivity index (χ4n) is 1.39. The molecule has 0 unspecified atom stereocenters. The fourth-order valence-corrected chi connectivity index (χ4v) is 1.39. The van der Waals surface area contributed by atoms with Crippen molar-refractivity contribution in [1.82, 2.24) is 35.0 Å². The number of anilines is 2. The molecule has 10 heteroatoms. The number of aromatic nitrogens is 6. The average molecular weight is 277 g/mol. The summed E-state index contributed by atoms with van der Waals surface area (Å²) >= 11 is 0. The molecule has 0 aliphatic carbocycles. The van der Waals surface area contributed by atoms with E-state index in [0.717, 1.165) is 0 Å². The van der Waals surface area contributed by atoms with E-state index in [2.05, 4.69) is 41.0 Å². The lowest BCUT2D eigenvalue weighted by Crippen LogP contribution is -2.30. The summed E-state index contributed by atoms with van der Waals surface area (Å²) in [6.07, 6.45) is 2.85. The number of nitrogens with zero attached hydrogens (tertiary/aromatic N) is 6. The maximum absolute atomic E-state index is 11.4. The minimum absolute atomic E-state index is 0.0812. The lowest BCUT2D eigenvalue weighted by molar-refractivity contribution is -0.119. The molecule has 0 spiro atoms. The standard InChI is InChI=1S/C10H15N9O/c1-3-13-7(20)4-14-9-16-8(11-2)17-10(18-9)19-6-12-5-15-19/h5-6H,3-4H2,1-2H3,(H,13,20)(H2,11,14,16,17,18). The highest BCUT2D eigenvalue weighted by Crippen LogP contribution is 2.07. The van der Waals surface area contributed by atoms with Crippen LogP contribution < -0.4 is 16.0 Å². The van der Waals surface area contributed by atoms with Gasteiger partial charge in [0, 0.05) is 13.6 Å². The third-order valence-electron chi connectivity index (χ3n) is 2.25. The van der Waals surface area contributed by atoms with Gasteiger partial charge in [-0.05, 0) is 6.92 Å². The minimum Gasteiger partial charge on any atom is -0.357 e. The molecule has 2 rings (SSSR count). The third-order valence-corrected chi connectivity index (χ3v) is 2.25. The van der Waals surface area contributed by atoms with Crippen LogP contribution in [-0.2, 0) is 4.79 Å².